The summed E-state index contributed by atoms with van der Waals surface area (Å²) in [6.07, 6.45) is 5.54. The number of nitrogens with zero attached hydrogens (tertiary/aromatic N) is 5. The van der Waals surface area contributed by atoms with Crippen LogP contribution in [0.1, 0.15) is 5.56 Å². The van der Waals surface area contributed by atoms with Crippen molar-refractivity contribution < 1.29 is 4.74 Å². The van der Waals surface area contributed by atoms with Crippen molar-refractivity contribution in [3.63, 3.8) is 0 Å². The first kappa shape index (κ1) is 18.7. The molecule has 0 bridgehead atoms. The molecule has 0 amide bonds. The van der Waals surface area contributed by atoms with Gasteiger partial charge in [0.1, 0.15) is 17.6 Å². The van der Waals surface area contributed by atoms with Crippen LogP contribution in [0.4, 0.5) is 11.5 Å². The van der Waals surface area contributed by atoms with Gasteiger partial charge in [-0.25, -0.2) is 24.9 Å². The highest BCUT2D eigenvalue weighted by Gasteiger charge is 2.08. The standard InChI is InChI=1S/C23H19N7O/c24-18-13-16-3-1-2-4-19(16)30-23(18)31-17-7-5-15(6-8-17)9-10-26-21-20-22(29-14-28-21)27-12-11-25-20/h1-8,11-14H,9-10,24H2,(H,26,27,28,29). The Morgan fingerprint density at radius 1 is 0.903 bits per heavy atom. The van der Waals surface area contributed by atoms with E-state index in [2.05, 4.69) is 30.2 Å². The molecular weight excluding hydrogens is 390 g/mol. The zero-order valence-corrected chi connectivity index (χ0v) is 16.6. The Bertz CT molecular complexity index is 1350. The van der Waals surface area contributed by atoms with Crippen LogP contribution < -0.4 is 15.8 Å². The Morgan fingerprint density at radius 2 is 1.74 bits per heavy atom. The zero-order valence-electron chi connectivity index (χ0n) is 16.6. The van der Waals surface area contributed by atoms with E-state index in [9.17, 15) is 0 Å². The van der Waals surface area contributed by atoms with Crippen molar-refractivity contribution in [3.05, 3.63) is 78.9 Å². The van der Waals surface area contributed by atoms with Crippen LogP contribution in [0.2, 0.25) is 0 Å². The van der Waals surface area contributed by atoms with E-state index in [1.807, 2.05) is 54.6 Å². The van der Waals surface area contributed by atoms with Crippen molar-refractivity contribution in [2.24, 2.45) is 0 Å². The lowest BCUT2D eigenvalue weighted by molar-refractivity contribution is 0.467. The molecule has 5 rings (SSSR count). The summed E-state index contributed by atoms with van der Waals surface area (Å²) in [6, 6.07) is 17.5. The molecule has 8 nitrogen and oxygen atoms in total. The topological polar surface area (TPSA) is 112 Å². The molecule has 0 spiro atoms. The van der Waals surface area contributed by atoms with E-state index < -0.39 is 0 Å². The maximum Gasteiger partial charge on any atom is 0.243 e. The quantitative estimate of drug-likeness (QED) is 0.433. The molecule has 5 aromatic rings. The molecule has 0 radical (unpaired) electrons. The van der Waals surface area contributed by atoms with Crippen LogP contribution in [-0.2, 0) is 6.42 Å². The smallest absolute Gasteiger partial charge is 0.243 e. The van der Waals surface area contributed by atoms with Crippen molar-refractivity contribution in [1.82, 2.24) is 24.9 Å². The van der Waals surface area contributed by atoms with Crippen molar-refractivity contribution in [1.29, 1.82) is 0 Å². The minimum absolute atomic E-state index is 0.407. The van der Waals surface area contributed by atoms with Gasteiger partial charge in [-0.2, -0.15) is 0 Å². The van der Waals surface area contributed by atoms with Crippen LogP contribution >= 0.6 is 0 Å². The van der Waals surface area contributed by atoms with E-state index in [-0.39, 0.29) is 0 Å². The molecule has 2 aromatic carbocycles. The number of nitrogens with one attached hydrogen (secondary N) is 1. The van der Waals surface area contributed by atoms with Gasteiger partial charge in [-0.15, -0.1) is 0 Å². The van der Waals surface area contributed by atoms with E-state index in [0.29, 0.717) is 40.8 Å². The normalized spacial score (nSPS) is 11.0. The number of pyridine rings is 1. The number of aromatic nitrogens is 5. The van der Waals surface area contributed by atoms with Gasteiger partial charge in [-0.3, -0.25) is 0 Å². The second kappa shape index (κ2) is 8.19. The van der Waals surface area contributed by atoms with Gasteiger partial charge in [0.2, 0.25) is 5.88 Å². The van der Waals surface area contributed by atoms with E-state index in [1.54, 1.807) is 12.4 Å². The maximum atomic E-state index is 6.11. The molecule has 0 aliphatic carbocycles. The third-order valence-electron chi connectivity index (χ3n) is 4.83. The van der Waals surface area contributed by atoms with Crippen molar-refractivity contribution >= 4 is 33.6 Å². The molecular formula is C23H19N7O. The number of hydrogen-bond donors (Lipinski definition) is 2. The summed E-state index contributed by atoms with van der Waals surface area (Å²) >= 11 is 0. The second-order valence-electron chi connectivity index (χ2n) is 6.95. The number of ether oxygens (including phenoxy) is 1. The van der Waals surface area contributed by atoms with Crippen LogP contribution in [0.3, 0.4) is 0 Å². The largest absolute Gasteiger partial charge is 0.437 e. The summed E-state index contributed by atoms with van der Waals surface area (Å²) in [5, 5.41) is 4.29. The molecule has 0 atom stereocenters. The molecule has 0 saturated heterocycles. The molecule has 3 heterocycles. The van der Waals surface area contributed by atoms with E-state index in [4.69, 9.17) is 10.5 Å². The Morgan fingerprint density at radius 3 is 2.65 bits per heavy atom. The van der Waals surface area contributed by atoms with Gasteiger partial charge in [0.25, 0.3) is 0 Å². The number of nitrogen functional groups attached to an aromatic ring is 1. The van der Waals surface area contributed by atoms with E-state index in [1.165, 1.54) is 6.33 Å². The molecule has 0 unspecified atom stereocenters. The number of benzene rings is 2. The SMILES string of the molecule is Nc1cc2ccccc2nc1Oc1ccc(CCNc2ncnc3nccnc23)cc1. The zero-order chi connectivity index (χ0) is 21.0. The minimum Gasteiger partial charge on any atom is -0.437 e. The average molecular weight is 409 g/mol. The van der Waals surface area contributed by atoms with Gasteiger partial charge in [-0.05, 0) is 36.2 Å². The fourth-order valence-electron chi connectivity index (χ4n) is 3.28. The number of rotatable bonds is 6. The predicted octanol–water partition coefficient (Wildman–Crippen LogP) is 4.00. The third-order valence-corrected chi connectivity index (χ3v) is 4.83. The number of fused-ring (bicyclic) bond motifs is 2. The van der Waals surface area contributed by atoms with Crippen molar-refractivity contribution in [2.45, 2.75) is 6.42 Å². The van der Waals surface area contributed by atoms with Gasteiger partial charge >= 0.3 is 0 Å². The first-order valence-electron chi connectivity index (χ1n) is 9.84. The first-order valence-corrected chi connectivity index (χ1v) is 9.84. The number of nitrogens with two attached hydrogens (primary N) is 1. The predicted molar refractivity (Wildman–Crippen MR) is 120 cm³/mol. The Balaban J connectivity index is 1.24. The number of anilines is 2. The molecule has 0 aliphatic rings. The highest BCUT2D eigenvalue weighted by molar-refractivity contribution is 5.83. The Kier molecular flexibility index (Phi) is 4.94. The van der Waals surface area contributed by atoms with Gasteiger partial charge in [0.05, 0.1) is 11.2 Å². The Hall–Kier alpha value is -4.33. The summed E-state index contributed by atoms with van der Waals surface area (Å²) in [5.41, 5.74) is 9.85. The van der Waals surface area contributed by atoms with Gasteiger partial charge in [0, 0.05) is 24.3 Å². The molecule has 0 fully saturated rings. The summed E-state index contributed by atoms with van der Waals surface area (Å²) in [5.74, 6) is 1.77. The van der Waals surface area contributed by atoms with E-state index in [0.717, 1.165) is 22.9 Å². The third kappa shape index (κ3) is 4.04. The summed E-state index contributed by atoms with van der Waals surface area (Å²) < 4.78 is 5.91. The highest BCUT2D eigenvalue weighted by Crippen LogP contribution is 2.28. The van der Waals surface area contributed by atoms with E-state index >= 15 is 0 Å². The van der Waals surface area contributed by atoms with Crippen LogP contribution in [0.25, 0.3) is 22.1 Å². The van der Waals surface area contributed by atoms with Crippen LogP contribution in [0.15, 0.2) is 73.3 Å². The molecule has 0 saturated carbocycles. The fraction of sp³-hybridized carbons (Fsp3) is 0.0870. The first-order chi connectivity index (χ1) is 15.3. The Labute approximate surface area is 178 Å². The van der Waals surface area contributed by atoms with Crippen molar-refractivity contribution in [2.75, 3.05) is 17.6 Å². The minimum atomic E-state index is 0.407. The van der Waals surface area contributed by atoms with Crippen LogP contribution in [0.5, 0.6) is 11.6 Å². The molecule has 152 valence electrons. The summed E-state index contributed by atoms with van der Waals surface area (Å²) in [6.45, 7) is 0.696. The molecule has 8 heteroatoms. The molecule has 3 aromatic heterocycles. The number of hydrogen-bond acceptors (Lipinski definition) is 8. The van der Waals surface area contributed by atoms with Crippen molar-refractivity contribution in [3.8, 4) is 11.6 Å². The fourth-order valence-corrected chi connectivity index (χ4v) is 3.28. The summed E-state index contributed by atoms with van der Waals surface area (Å²) in [4.78, 5) is 21.4. The highest BCUT2D eigenvalue weighted by atomic mass is 16.5. The van der Waals surface area contributed by atoms with Crippen LogP contribution in [0, 0.1) is 0 Å². The maximum absolute atomic E-state index is 6.11. The number of para-hydroxylation sites is 1. The van der Waals surface area contributed by atoms with Gasteiger partial charge in [-0.1, -0.05) is 30.3 Å². The monoisotopic (exact) mass is 409 g/mol. The van der Waals surface area contributed by atoms with Gasteiger partial charge < -0.3 is 15.8 Å². The lowest BCUT2D eigenvalue weighted by atomic mass is 10.1. The second-order valence-corrected chi connectivity index (χ2v) is 6.95. The lowest BCUT2D eigenvalue weighted by Gasteiger charge is -2.10. The van der Waals surface area contributed by atoms with Crippen LogP contribution in [-0.4, -0.2) is 31.5 Å². The average Bonchev–Trinajstić information content (AvgIpc) is 2.81. The lowest BCUT2D eigenvalue weighted by Crippen LogP contribution is -2.08. The molecule has 0 aliphatic heterocycles. The van der Waals surface area contributed by atoms with Gasteiger partial charge in [0.15, 0.2) is 11.5 Å². The molecule has 31 heavy (non-hydrogen) atoms. The molecule has 3 N–H and O–H groups in total. The summed E-state index contributed by atoms with van der Waals surface area (Å²) in [7, 11) is 0.